The van der Waals surface area contributed by atoms with Crippen molar-refractivity contribution in [2.45, 2.75) is 25.4 Å². The molecule has 0 amide bonds. The number of aromatic nitrogens is 2. The van der Waals surface area contributed by atoms with Gasteiger partial charge in [-0.2, -0.15) is 18.2 Å². The molecule has 0 aromatic carbocycles. The fourth-order valence-electron chi connectivity index (χ4n) is 2.40. The first-order valence-corrected chi connectivity index (χ1v) is 6.85. The standard InChI is InChI=1S/C11H9ClF3N3S/c12-9-8-7(17-10(16)18-9)5-3-4(11(13,14)15)1-2-6(5)19-8/h4H,1-3H2,(H2,16,17,18). The Bertz CT molecular complexity index is 653. The largest absolute Gasteiger partial charge is 0.392 e. The Hall–Kier alpha value is -1.08. The van der Waals surface area contributed by atoms with E-state index in [9.17, 15) is 13.2 Å². The lowest BCUT2D eigenvalue weighted by atomic mass is 9.87. The Kier molecular flexibility index (Phi) is 2.86. The van der Waals surface area contributed by atoms with Gasteiger partial charge in [-0.3, -0.25) is 0 Å². The summed E-state index contributed by atoms with van der Waals surface area (Å²) in [5.74, 6) is -1.32. The van der Waals surface area contributed by atoms with Gasteiger partial charge in [0.15, 0.2) is 5.15 Å². The van der Waals surface area contributed by atoms with Crippen molar-refractivity contribution in [3.63, 3.8) is 0 Å². The molecule has 3 rings (SSSR count). The van der Waals surface area contributed by atoms with Crippen molar-refractivity contribution in [3.05, 3.63) is 15.6 Å². The minimum absolute atomic E-state index is 0.00719. The van der Waals surface area contributed by atoms with E-state index in [1.807, 2.05) is 0 Å². The first kappa shape index (κ1) is 12.9. The van der Waals surface area contributed by atoms with Crippen LogP contribution in [0, 0.1) is 5.92 Å². The predicted molar refractivity (Wildman–Crippen MR) is 68.4 cm³/mol. The van der Waals surface area contributed by atoms with Gasteiger partial charge in [0.05, 0.1) is 16.1 Å². The molecule has 2 heterocycles. The Balaban J connectivity index is 2.13. The molecule has 8 heteroatoms. The minimum Gasteiger partial charge on any atom is -0.368 e. The van der Waals surface area contributed by atoms with Crippen LogP contribution in [0.25, 0.3) is 10.2 Å². The topological polar surface area (TPSA) is 51.8 Å². The second kappa shape index (κ2) is 4.21. The van der Waals surface area contributed by atoms with Crippen LogP contribution in [-0.2, 0) is 12.8 Å². The average molecular weight is 308 g/mol. The van der Waals surface area contributed by atoms with Crippen molar-refractivity contribution >= 4 is 39.1 Å². The van der Waals surface area contributed by atoms with Crippen LogP contribution in [0.5, 0.6) is 0 Å². The molecule has 0 spiro atoms. The summed E-state index contributed by atoms with van der Waals surface area (Å²) in [5, 5.41) is 0.213. The van der Waals surface area contributed by atoms with Crippen molar-refractivity contribution in [2.75, 3.05) is 5.73 Å². The molecular weight excluding hydrogens is 299 g/mol. The van der Waals surface area contributed by atoms with Crippen LogP contribution in [0.2, 0.25) is 5.15 Å². The van der Waals surface area contributed by atoms with E-state index in [0.717, 1.165) is 4.88 Å². The van der Waals surface area contributed by atoms with Crippen LogP contribution >= 0.6 is 22.9 Å². The molecule has 0 saturated carbocycles. The quantitative estimate of drug-likeness (QED) is 0.757. The number of hydrogen-bond donors (Lipinski definition) is 1. The normalized spacial score (nSPS) is 19.7. The van der Waals surface area contributed by atoms with E-state index in [4.69, 9.17) is 17.3 Å². The molecule has 1 unspecified atom stereocenters. The number of thiophene rings is 1. The lowest BCUT2D eigenvalue weighted by Crippen LogP contribution is -2.28. The highest BCUT2D eigenvalue weighted by Gasteiger charge is 2.42. The number of aryl methyl sites for hydroxylation is 1. The predicted octanol–water partition coefficient (Wildman–Crippen LogP) is 3.59. The Morgan fingerprint density at radius 3 is 2.74 bits per heavy atom. The number of nitrogens with zero attached hydrogens (tertiary/aromatic N) is 2. The maximum atomic E-state index is 12.8. The van der Waals surface area contributed by atoms with Crippen LogP contribution < -0.4 is 5.73 Å². The monoisotopic (exact) mass is 307 g/mol. The van der Waals surface area contributed by atoms with E-state index < -0.39 is 12.1 Å². The molecule has 102 valence electrons. The summed E-state index contributed by atoms with van der Waals surface area (Å²) in [6.07, 6.45) is -3.71. The van der Waals surface area contributed by atoms with Crippen molar-refractivity contribution in [1.29, 1.82) is 0 Å². The molecule has 2 aromatic heterocycles. The number of nitrogen functional groups attached to an aromatic ring is 1. The first-order valence-electron chi connectivity index (χ1n) is 5.66. The Morgan fingerprint density at radius 2 is 2.05 bits per heavy atom. The number of hydrogen-bond acceptors (Lipinski definition) is 4. The van der Waals surface area contributed by atoms with Crippen LogP contribution in [0.4, 0.5) is 19.1 Å². The zero-order valence-corrected chi connectivity index (χ0v) is 11.2. The third-order valence-electron chi connectivity index (χ3n) is 3.32. The summed E-state index contributed by atoms with van der Waals surface area (Å²) in [4.78, 5) is 8.80. The first-order chi connectivity index (χ1) is 8.86. The van der Waals surface area contributed by atoms with Gasteiger partial charge in [0.2, 0.25) is 5.95 Å². The SMILES string of the molecule is Nc1nc(Cl)c2sc3c(c2n1)CC(C(F)(F)F)CC3. The zero-order chi connectivity index (χ0) is 13.8. The fourth-order valence-corrected chi connectivity index (χ4v) is 3.85. The second-order valence-corrected chi connectivity index (χ2v) is 6.00. The third-order valence-corrected chi connectivity index (χ3v) is 5.00. The maximum Gasteiger partial charge on any atom is 0.392 e. The summed E-state index contributed by atoms with van der Waals surface area (Å²) in [6.45, 7) is 0. The lowest BCUT2D eigenvalue weighted by Gasteiger charge is -2.24. The molecule has 1 aliphatic carbocycles. The van der Waals surface area contributed by atoms with E-state index in [2.05, 4.69) is 9.97 Å². The number of rotatable bonds is 0. The number of alkyl halides is 3. The summed E-state index contributed by atoms with van der Waals surface area (Å²) < 4.78 is 39.1. The molecule has 0 aliphatic heterocycles. The van der Waals surface area contributed by atoms with Crippen LogP contribution in [0.3, 0.4) is 0 Å². The van der Waals surface area contributed by atoms with Crippen molar-refractivity contribution < 1.29 is 13.2 Å². The third kappa shape index (κ3) is 2.14. The fraction of sp³-hybridized carbons (Fsp3) is 0.455. The van der Waals surface area contributed by atoms with Gasteiger partial charge < -0.3 is 5.73 Å². The average Bonchev–Trinajstić information content (AvgIpc) is 2.66. The van der Waals surface area contributed by atoms with E-state index in [1.165, 1.54) is 11.3 Å². The number of fused-ring (bicyclic) bond motifs is 3. The lowest BCUT2D eigenvalue weighted by molar-refractivity contribution is -0.176. The highest BCUT2D eigenvalue weighted by atomic mass is 35.5. The molecule has 1 aliphatic rings. The molecule has 0 bridgehead atoms. The maximum absolute atomic E-state index is 12.8. The van der Waals surface area contributed by atoms with Gasteiger partial charge in [0.1, 0.15) is 0 Å². The highest BCUT2D eigenvalue weighted by molar-refractivity contribution is 7.19. The van der Waals surface area contributed by atoms with Crippen LogP contribution in [0.1, 0.15) is 16.9 Å². The van der Waals surface area contributed by atoms with E-state index in [0.29, 0.717) is 22.2 Å². The van der Waals surface area contributed by atoms with Gasteiger partial charge >= 0.3 is 6.18 Å². The minimum atomic E-state index is -4.17. The molecule has 0 fully saturated rings. The van der Waals surface area contributed by atoms with Gasteiger partial charge in [-0.15, -0.1) is 11.3 Å². The summed E-state index contributed by atoms with van der Waals surface area (Å²) in [6, 6.07) is 0. The van der Waals surface area contributed by atoms with Gasteiger partial charge in [-0.05, 0) is 24.8 Å². The van der Waals surface area contributed by atoms with Gasteiger partial charge in [0.25, 0.3) is 0 Å². The molecule has 2 aromatic rings. The molecule has 1 atom stereocenters. The second-order valence-electron chi connectivity index (χ2n) is 4.54. The van der Waals surface area contributed by atoms with E-state index >= 15 is 0 Å². The molecule has 0 saturated heterocycles. The Morgan fingerprint density at radius 1 is 1.32 bits per heavy atom. The van der Waals surface area contributed by atoms with E-state index in [-0.39, 0.29) is 23.9 Å². The number of nitrogens with two attached hydrogens (primary N) is 1. The highest BCUT2D eigenvalue weighted by Crippen LogP contribution is 2.43. The number of anilines is 1. The molecule has 3 nitrogen and oxygen atoms in total. The van der Waals surface area contributed by atoms with Crippen molar-refractivity contribution in [3.8, 4) is 0 Å². The smallest absolute Gasteiger partial charge is 0.368 e. The summed E-state index contributed by atoms with van der Waals surface area (Å²) in [7, 11) is 0. The molecule has 0 radical (unpaired) electrons. The molecule has 19 heavy (non-hydrogen) atoms. The summed E-state index contributed by atoms with van der Waals surface area (Å²) >= 11 is 7.33. The van der Waals surface area contributed by atoms with Crippen molar-refractivity contribution in [2.24, 2.45) is 5.92 Å². The van der Waals surface area contributed by atoms with Crippen LogP contribution in [0.15, 0.2) is 0 Å². The van der Waals surface area contributed by atoms with Crippen LogP contribution in [-0.4, -0.2) is 16.1 Å². The zero-order valence-electron chi connectivity index (χ0n) is 9.59. The van der Waals surface area contributed by atoms with E-state index in [1.54, 1.807) is 0 Å². The summed E-state index contributed by atoms with van der Waals surface area (Å²) in [5.41, 5.74) is 6.62. The van der Waals surface area contributed by atoms with Crippen molar-refractivity contribution in [1.82, 2.24) is 9.97 Å². The molecule has 2 N–H and O–H groups in total. The van der Waals surface area contributed by atoms with Gasteiger partial charge in [-0.25, -0.2) is 4.98 Å². The Labute approximate surface area is 115 Å². The number of halogens is 4. The molecular formula is C11H9ClF3N3S. The van der Waals surface area contributed by atoms with Gasteiger partial charge in [0, 0.05) is 4.88 Å². The van der Waals surface area contributed by atoms with Gasteiger partial charge in [-0.1, -0.05) is 11.6 Å².